The van der Waals surface area contributed by atoms with Crippen LogP contribution in [0.15, 0.2) is 38.3 Å². The lowest BCUT2D eigenvalue weighted by Gasteiger charge is -2.15. The molecule has 10 heteroatoms. The maximum atomic E-state index is 13.1. The Kier molecular flexibility index (Phi) is 10.7. The largest absolute Gasteiger partial charge is 0.336 e. The Morgan fingerprint density at radius 1 is 1.09 bits per heavy atom. The molecule has 0 radical (unpaired) electrons. The molecule has 35 heavy (non-hydrogen) atoms. The molecule has 0 saturated heterocycles. The van der Waals surface area contributed by atoms with E-state index in [1.165, 1.54) is 0 Å². The first-order valence-corrected chi connectivity index (χ1v) is 14.1. The van der Waals surface area contributed by atoms with Crippen molar-refractivity contribution >= 4 is 35.5 Å². The van der Waals surface area contributed by atoms with Gasteiger partial charge in [0.05, 0.1) is 19.8 Å². The third-order valence-electron chi connectivity index (χ3n) is 5.52. The Morgan fingerprint density at radius 3 is 2.51 bits per heavy atom. The lowest BCUT2D eigenvalue weighted by atomic mass is 10.1. The highest BCUT2D eigenvalue weighted by Crippen LogP contribution is 2.38. The molecular weight excluding hydrogens is 531 g/mol. The first kappa shape index (κ1) is 27.3. The average molecular weight is 563 g/mol. The topological polar surface area (TPSA) is 91.1 Å². The number of terminal acetylenes is 1. The first-order valence-electron chi connectivity index (χ1n) is 11.9. The molecular formula is C25H32BrN4O4P. The number of rotatable bonds is 14. The van der Waals surface area contributed by atoms with Crippen LogP contribution in [0.25, 0.3) is 11.2 Å². The van der Waals surface area contributed by atoms with Crippen molar-refractivity contribution in [1.29, 1.82) is 0 Å². The molecule has 0 aliphatic heterocycles. The zero-order chi connectivity index (χ0) is 25.2. The minimum absolute atomic E-state index is 0.0775. The molecule has 2 aromatic heterocycles. The summed E-state index contributed by atoms with van der Waals surface area (Å²) in [7, 11) is -0.860. The molecule has 0 fully saturated rings. The van der Waals surface area contributed by atoms with E-state index in [9.17, 15) is 9.59 Å². The van der Waals surface area contributed by atoms with Gasteiger partial charge in [0.2, 0.25) is 0 Å². The standard InChI is InChI=1S/C25H32BrN4O4P/c1-4-16-30-24(31)22-23(28-21(27-22)15-14-19-12-8-9-13-20(19)26)29(25(30)32)17-10-7-11-18-35(33-5-2)34-6-3/h1,8-9,12-13H,5-7,10-11,14-18H2,2-3H3,(H,27,28). The van der Waals surface area contributed by atoms with E-state index >= 15 is 0 Å². The van der Waals surface area contributed by atoms with Crippen molar-refractivity contribution in [2.75, 3.05) is 19.4 Å². The summed E-state index contributed by atoms with van der Waals surface area (Å²) in [4.78, 5) is 33.9. The minimum Gasteiger partial charge on any atom is -0.336 e. The average Bonchev–Trinajstić information content (AvgIpc) is 3.27. The maximum Gasteiger partial charge on any atom is 0.333 e. The Balaban J connectivity index is 1.77. The molecule has 8 nitrogen and oxygen atoms in total. The van der Waals surface area contributed by atoms with Crippen molar-refractivity contribution in [3.8, 4) is 12.3 Å². The Hall–Kier alpha value is -2.24. The molecule has 0 unspecified atom stereocenters. The predicted octanol–water partition coefficient (Wildman–Crippen LogP) is 4.62. The predicted molar refractivity (Wildman–Crippen MR) is 144 cm³/mol. The van der Waals surface area contributed by atoms with Crippen LogP contribution in [0.1, 0.15) is 44.5 Å². The van der Waals surface area contributed by atoms with E-state index in [0.29, 0.717) is 43.2 Å². The number of unbranched alkanes of at least 4 members (excludes halogenated alkanes) is 2. The number of benzene rings is 1. The molecule has 0 spiro atoms. The van der Waals surface area contributed by atoms with E-state index in [0.717, 1.165) is 46.4 Å². The quantitative estimate of drug-likeness (QED) is 0.176. The number of hydrogen-bond donors (Lipinski definition) is 1. The summed E-state index contributed by atoms with van der Waals surface area (Å²) in [6.45, 7) is 5.58. The van der Waals surface area contributed by atoms with Gasteiger partial charge in [0, 0.05) is 23.6 Å². The molecule has 0 aliphatic rings. The van der Waals surface area contributed by atoms with Gasteiger partial charge in [-0.05, 0) is 44.7 Å². The van der Waals surface area contributed by atoms with Crippen molar-refractivity contribution < 1.29 is 9.05 Å². The van der Waals surface area contributed by atoms with Gasteiger partial charge < -0.3 is 14.0 Å². The number of H-pyrrole nitrogens is 1. The van der Waals surface area contributed by atoms with Gasteiger partial charge in [-0.2, -0.15) is 0 Å². The van der Waals surface area contributed by atoms with Crippen LogP contribution in [0.3, 0.4) is 0 Å². The number of nitrogens with zero attached hydrogens (tertiary/aromatic N) is 3. The molecule has 1 aromatic carbocycles. The molecule has 0 saturated carbocycles. The third kappa shape index (κ3) is 7.14. The number of imidazole rings is 1. The van der Waals surface area contributed by atoms with Crippen LogP contribution in [0.5, 0.6) is 0 Å². The monoisotopic (exact) mass is 562 g/mol. The number of fused-ring (bicyclic) bond motifs is 1. The van der Waals surface area contributed by atoms with E-state index in [4.69, 9.17) is 15.5 Å². The van der Waals surface area contributed by atoms with Gasteiger partial charge >= 0.3 is 5.69 Å². The number of aryl methyl sites for hydroxylation is 3. The molecule has 3 aromatic rings. The molecule has 2 heterocycles. The first-order chi connectivity index (χ1) is 17.0. The smallest absolute Gasteiger partial charge is 0.333 e. The van der Waals surface area contributed by atoms with Gasteiger partial charge in [0.15, 0.2) is 14.0 Å². The number of hydrogen-bond acceptors (Lipinski definition) is 5. The molecule has 1 N–H and O–H groups in total. The Labute approximate surface area is 215 Å². The molecule has 0 bridgehead atoms. The second-order valence-electron chi connectivity index (χ2n) is 7.96. The summed E-state index contributed by atoms with van der Waals surface area (Å²) in [5, 5.41) is 0. The van der Waals surface area contributed by atoms with Crippen LogP contribution < -0.4 is 11.2 Å². The fourth-order valence-corrected chi connectivity index (χ4v) is 5.73. The number of aromatic nitrogens is 4. The van der Waals surface area contributed by atoms with Crippen molar-refractivity contribution in [2.24, 2.45) is 0 Å². The van der Waals surface area contributed by atoms with Crippen molar-refractivity contribution in [1.82, 2.24) is 19.1 Å². The summed E-state index contributed by atoms with van der Waals surface area (Å²) >= 11 is 3.57. The van der Waals surface area contributed by atoms with Gasteiger partial charge in [0.1, 0.15) is 11.3 Å². The van der Waals surface area contributed by atoms with Crippen LogP contribution in [0.2, 0.25) is 0 Å². The normalized spacial score (nSPS) is 11.4. The van der Waals surface area contributed by atoms with E-state index in [1.54, 1.807) is 4.57 Å². The summed E-state index contributed by atoms with van der Waals surface area (Å²) in [5.41, 5.74) is 1.00. The SMILES string of the molecule is C#CCn1c(=O)c2[nH]c(CCc3ccccc3Br)nc2n(CCCCCP(OCC)OCC)c1=O. The van der Waals surface area contributed by atoms with E-state index in [1.807, 2.05) is 38.1 Å². The summed E-state index contributed by atoms with van der Waals surface area (Å²) in [6, 6.07) is 8.00. The highest BCUT2D eigenvalue weighted by Gasteiger charge is 2.17. The zero-order valence-electron chi connectivity index (χ0n) is 20.3. The summed E-state index contributed by atoms with van der Waals surface area (Å²) in [6.07, 6.45) is 10.3. The van der Waals surface area contributed by atoms with Crippen molar-refractivity contribution in [3.05, 3.63) is 61.0 Å². The minimum atomic E-state index is -0.860. The van der Waals surface area contributed by atoms with Gasteiger partial charge in [-0.3, -0.25) is 9.36 Å². The Morgan fingerprint density at radius 2 is 1.83 bits per heavy atom. The highest BCUT2D eigenvalue weighted by molar-refractivity contribution is 9.10. The molecule has 188 valence electrons. The van der Waals surface area contributed by atoms with Gasteiger partial charge in [-0.15, -0.1) is 6.42 Å². The number of aromatic amines is 1. The fraction of sp³-hybridized carbons (Fsp3) is 0.480. The second kappa shape index (κ2) is 13.7. The lowest BCUT2D eigenvalue weighted by molar-refractivity contribution is 0.268. The third-order valence-corrected chi connectivity index (χ3v) is 8.06. The zero-order valence-corrected chi connectivity index (χ0v) is 22.7. The van der Waals surface area contributed by atoms with E-state index < -0.39 is 19.6 Å². The maximum absolute atomic E-state index is 13.1. The Bertz CT molecular complexity index is 1270. The van der Waals surface area contributed by atoms with Crippen LogP contribution in [0.4, 0.5) is 0 Å². The molecule has 0 amide bonds. The van der Waals surface area contributed by atoms with Crippen molar-refractivity contribution in [3.63, 3.8) is 0 Å². The number of nitrogens with one attached hydrogen (secondary N) is 1. The van der Waals surface area contributed by atoms with Crippen LogP contribution in [0, 0.1) is 12.3 Å². The van der Waals surface area contributed by atoms with Gasteiger partial charge in [-0.1, -0.05) is 46.5 Å². The lowest BCUT2D eigenvalue weighted by Crippen LogP contribution is -2.40. The summed E-state index contributed by atoms with van der Waals surface area (Å²) < 4.78 is 15.0. The van der Waals surface area contributed by atoms with Crippen LogP contribution in [-0.2, 0) is 35.0 Å². The van der Waals surface area contributed by atoms with E-state index in [-0.39, 0.29) is 6.54 Å². The molecule has 0 atom stereocenters. The van der Waals surface area contributed by atoms with Crippen LogP contribution >= 0.6 is 24.3 Å². The van der Waals surface area contributed by atoms with Crippen molar-refractivity contribution in [2.45, 2.75) is 59.0 Å². The van der Waals surface area contributed by atoms with E-state index in [2.05, 4.69) is 31.8 Å². The number of halogens is 1. The van der Waals surface area contributed by atoms with Crippen LogP contribution in [-0.4, -0.2) is 38.5 Å². The fourth-order valence-electron chi connectivity index (χ4n) is 3.86. The molecule has 3 rings (SSSR count). The summed E-state index contributed by atoms with van der Waals surface area (Å²) in [5.74, 6) is 3.08. The van der Waals surface area contributed by atoms with Gasteiger partial charge in [-0.25, -0.2) is 14.3 Å². The molecule has 0 aliphatic carbocycles. The highest BCUT2D eigenvalue weighted by atomic mass is 79.9. The second-order valence-corrected chi connectivity index (χ2v) is 10.4. The van der Waals surface area contributed by atoms with Gasteiger partial charge in [0.25, 0.3) is 5.56 Å².